The van der Waals surface area contributed by atoms with Crippen LogP contribution in [-0.4, -0.2) is 29.4 Å². The first-order valence-corrected chi connectivity index (χ1v) is 7.55. The number of aryl methyl sites for hydroxylation is 1. The molecule has 0 atom stereocenters. The van der Waals surface area contributed by atoms with Gasteiger partial charge in [-0.05, 0) is 24.3 Å². The second-order valence-corrected chi connectivity index (χ2v) is 5.52. The van der Waals surface area contributed by atoms with Crippen molar-refractivity contribution in [1.29, 1.82) is 0 Å². The van der Waals surface area contributed by atoms with E-state index >= 15 is 0 Å². The molecule has 4 aromatic rings. The van der Waals surface area contributed by atoms with Crippen molar-refractivity contribution in [3.63, 3.8) is 0 Å². The molecule has 9 heteroatoms. The van der Waals surface area contributed by atoms with Crippen LogP contribution >= 0.6 is 11.6 Å². The predicted octanol–water partition coefficient (Wildman–Crippen LogP) is 2.18. The Kier molecular flexibility index (Phi) is 3.27. The van der Waals surface area contributed by atoms with Crippen LogP contribution in [0.2, 0.25) is 5.02 Å². The smallest absolute Gasteiger partial charge is 0.282 e. The second kappa shape index (κ2) is 5.34. The van der Waals surface area contributed by atoms with Crippen molar-refractivity contribution in [3.8, 4) is 5.69 Å². The minimum atomic E-state index is -0.550. The molecule has 0 saturated carbocycles. The van der Waals surface area contributed by atoms with E-state index in [0.29, 0.717) is 29.2 Å². The first-order chi connectivity index (χ1) is 11.6. The van der Waals surface area contributed by atoms with Gasteiger partial charge in [-0.15, -0.1) is 15.3 Å². The van der Waals surface area contributed by atoms with Crippen molar-refractivity contribution >= 4 is 28.4 Å². The average molecular weight is 345 g/mol. The maximum atomic E-state index is 13.3. The first-order valence-electron chi connectivity index (χ1n) is 7.17. The molecule has 24 heavy (non-hydrogen) atoms. The molecule has 0 spiro atoms. The van der Waals surface area contributed by atoms with Crippen LogP contribution < -0.4 is 5.56 Å². The Morgan fingerprint density at radius 1 is 1.25 bits per heavy atom. The molecule has 4 rings (SSSR count). The second-order valence-electron chi connectivity index (χ2n) is 5.12. The molecule has 120 valence electrons. The van der Waals surface area contributed by atoms with Crippen LogP contribution in [0, 0.1) is 5.82 Å². The molecule has 0 bridgehead atoms. The molecule has 3 aromatic heterocycles. The van der Waals surface area contributed by atoms with Crippen LogP contribution in [-0.2, 0) is 6.42 Å². The Bertz CT molecular complexity index is 1150. The van der Waals surface area contributed by atoms with E-state index in [4.69, 9.17) is 11.6 Å². The molecule has 0 aliphatic heterocycles. The third kappa shape index (κ3) is 2.15. The Labute approximate surface area is 139 Å². The van der Waals surface area contributed by atoms with Gasteiger partial charge in [0, 0.05) is 12.6 Å². The van der Waals surface area contributed by atoms with E-state index in [1.807, 2.05) is 6.92 Å². The molecule has 0 fully saturated rings. The molecular formula is C15H10ClFN6O. The summed E-state index contributed by atoms with van der Waals surface area (Å²) >= 11 is 5.79. The number of benzene rings is 1. The number of hydrogen-bond donors (Lipinski definition) is 0. The number of rotatable bonds is 2. The van der Waals surface area contributed by atoms with Crippen molar-refractivity contribution in [2.24, 2.45) is 0 Å². The van der Waals surface area contributed by atoms with Gasteiger partial charge in [0.1, 0.15) is 11.3 Å². The van der Waals surface area contributed by atoms with Gasteiger partial charge in [-0.2, -0.15) is 9.50 Å². The minimum Gasteiger partial charge on any atom is -0.282 e. The zero-order valence-corrected chi connectivity index (χ0v) is 13.2. The normalized spacial score (nSPS) is 11.5. The highest BCUT2D eigenvalue weighted by Gasteiger charge is 2.13. The van der Waals surface area contributed by atoms with Gasteiger partial charge in [0.05, 0.1) is 10.7 Å². The monoisotopic (exact) mass is 344 g/mol. The lowest BCUT2D eigenvalue weighted by Crippen LogP contribution is -2.20. The topological polar surface area (TPSA) is 78.0 Å². The van der Waals surface area contributed by atoms with Crippen LogP contribution in [0.4, 0.5) is 4.39 Å². The van der Waals surface area contributed by atoms with Gasteiger partial charge in [0.2, 0.25) is 0 Å². The summed E-state index contributed by atoms with van der Waals surface area (Å²) in [6.07, 6.45) is 2.21. The molecule has 3 heterocycles. The molecule has 1 aromatic carbocycles. The Morgan fingerprint density at radius 2 is 2.08 bits per heavy atom. The van der Waals surface area contributed by atoms with E-state index in [9.17, 15) is 9.18 Å². The Morgan fingerprint density at radius 3 is 2.83 bits per heavy atom. The summed E-state index contributed by atoms with van der Waals surface area (Å²) < 4.78 is 16.1. The molecule has 0 aliphatic rings. The fourth-order valence-electron chi connectivity index (χ4n) is 2.43. The molecule has 0 amide bonds. The lowest BCUT2D eigenvalue weighted by molar-refractivity contribution is 0.627. The minimum absolute atomic E-state index is 0.0649. The fraction of sp³-hybridized carbons (Fsp3) is 0.133. The van der Waals surface area contributed by atoms with Crippen LogP contribution in [0.1, 0.15) is 12.7 Å². The Balaban J connectivity index is 1.99. The van der Waals surface area contributed by atoms with Gasteiger partial charge in [0.15, 0.2) is 11.3 Å². The molecular weight excluding hydrogens is 335 g/mol. The summed E-state index contributed by atoms with van der Waals surface area (Å²) in [5, 5.41) is 12.2. The molecule has 7 nitrogen and oxygen atoms in total. The highest BCUT2D eigenvalue weighted by atomic mass is 35.5. The van der Waals surface area contributed by atoms with Gasteiger partial charge in [0.25, 0.3) is 11.3 Å². The van der Waals surface area contributed by atoms with Gasteiger partial charge >= 0.3 is 0 Å². The maximum absolute atomic E-state index is 13.3. The van der Waals surface area contributed by atoms with Crippen molar-refractivity contribution in [1.82, 2.24) is 29.4 Å². The van der Waals surface area contributed by atoms with Crippen LogP contribution in [0.25, 0.3) is 22.5 Å². The van der Waals surface area contributed by atoms with Gasteiger partial charge in [-0.25, -0.2) is 4.39 Å². The summed E-state index contributed by atoms with van der Waals surface area (Å²) in [7, 11) is 0. The molecule has 0 saturated heterocycles. The number of halogens is 2. The summed E-state index contributed by atoms with van der Waals surface area (Å²) in [5.74, 6) is 0.401. The van der Waals surface area contributed by atoms with E-state index in [2.05, 4.69) is 20.3 Å². The van der Waals surface area contributed by atoms with Crippen molar-refractivity contribution in [2.45, 2.75) is 13.3 Å². The summed E-state index contributed by atoms with van der Waals surface area (Å²) in [6, 6.07) is 5.73. The Hall–Kier alpha value is -2.87. The zero-order chi connectivity index (χ0) is 16.8. The fourth-order valence-corrected chi connectivity index (χ4v) is 2.61. The van der Waals surface area contributed by atoms with Crippen LogP contribution in [0.3, 0.4) is 0 Å². The quantitative estimate of drug-likeness (QED) is 0.557. The molecule has 0 aliphatic carbocycles. The number of nitrogens with zero attached hydrogens (tertiary/aromatic N) is 6. The lowest BCUT2D eigenvalue weighted by atomic mass is 10.3. The highest BCUT2D eigenvalue weighted by molar-refractivity contribution is 6.30. The van der Waals surface area contributed by atoms with E-state index in [-0.39, 0.29) is 10.5 Å². The van der Waals surface area contributed by atoms with Gasteiger partial charge in [-0.3, -0.25) is 9.36 Å². The third-order valence-electron chi connectivity index (χ3n) is 3.64. The van der Waals surface area contributed by atoms with Gasteiger partial charge in [-0.1, -0.05) is 18.5 Å². The zero-order valence-electron chi connectivity index (χ0n) is 12.4. The van der Waals surface area contributed by atoms with E-state index in [1.165, 1.54) is 27.3 Å². The van der Waals surface area contributed by atoms with E-state index in [1.54, 1.807) is 12.3 Å². The largest absolute Gasteiger partial charge is 0.285 e. The third-order valence-corrected chi connectivity index (χ3v) is 3.93. The molecule has 0 radical (unpaired) electrons. The highest BCUT2D eigenvalue weighted by Crippen LogP contribution is 2.18. The maximum Gasteiger partial charge on any atom is 0.285 e. The van der Waals surface area contributed by atoms with Crippen LogP contribution in [0.5, 0.6) is 0 Å². The summed E-state index contributed by atoms with van der Waals surface area (Å²) in [5.41, 5.74) is 0.667. The number of fused-ring (bicyclic) bond motifs is 3. The molecule has 0 unspecified atom stereocenters. The van der Waals surface area contributed by atoms with Gasteiger partial charge < -0.3 is 0 Å². The summed E-state index contributed by atoms with van der Waals surface area (Å²) in [4.78, 5) is 16.9. The van der Waals surface area contributed by atoms with Crippen molar-refractivity contribution in [3.05, 3.63) is 57.5 Å². The SMILES string of the molecule is CCc1nc2nnc3c(=O)n(-c4ccc(F)c(Cl)c4)ccc3n2n1. The van der Waals surface area contributed by atoms with E-state index in [0.717, 1.165) is 0 Å². The predicted molar refractivity (Wildman–Crippen MR) is 86.0 cm³/mol. The average Bonchev–Trinajstić information content (AvgIpc) is 3.01. The number of pyridine rings is 1. The molecule has 0 N–H and O–H groups in total. The van der Waals surface area contributed by atoms with Crippen molar-refractivity contribution < 1.29 is 4.39 Å². The standard InChI is InChI=1S/C15H10ClFN6O/c1-2-12-18-15-20-19-13-11(23(15)21-12)5-6-22(14(13)24)8-3-4-10(17)9(16)7-8/h3-7H,2H2,1H3. The van der Waals surface area contributed by atoms with Crippen molar-refractivity contribution in [2.75, 3.05) is 0 Å². The lowest BCUT2D eigenvalue weighted by Gasteiger charge is -2.07. The first kappa shape index (κ1) is 14.7. The number of hydrogen-bond acceptors (Lipinski definition) is 5. The summed E-state index contributed by atoms with van der Waals surface area (Å²) in [6.45, 7) is 1.93. The van der Waals surface area contributed by atoms with Crippen LogP contribution in [0.15, 0.2) is 35.3 Å². The van der Waals surface area contributed by atoms with E-state index < -0.39 is 11.4 Å². The number of aromatic nitrogens is 6.